The number of nitrogens with zero attached hydrogens (tertiary/aromatic N) is 2. The molecular formula is C22H30N4O3. The molecule has 2 amide bonds. The number of hydrogen-bond acceptors (Lipinski definition) is 4. The summed E-state index contributed by atoms with van der Waals surface area (Å²) in [7, 11) is 1.65. The lowest BCUT2D eigenvalue weighted by Gasteiger charge is -2.29. The third-order valence-electron chi connectivity index (χ3n) is 5.98. The maximum atomic E-state index is 12.6. The molecule has 1 fully saturated rings. The summed E-state index contributed by atoms with van der Waals surface area (Å²) in [5.41, 5.74) is 0.870. The van der Waals surface area contributed by atoms with Gasteiger partial charge in [-0.15, -0.1) is 0 Å². The molecule has 1 heterocycles. The molecule has 156 valence electrons. The van der Waals surface area contributed by atoms with Gasteiger partial charge >= 0.3 is 0 Å². The average molecular weight is 399 g/mol. The van der Waals surface area contributed by atoms with E-state index in [0.717, 1.165) is 25.7 Å². The number of aryl methyl sites for hydroxylation is 1. The number of carbonyl (C=O) groups excluding carboxylic acids is 2. The molecule has 0 spiro atoms. The van der Waals surface area contributed by atoms with Crippen LogP contribution in [0.1, 0.15) is 56.8 Å². The highest BCUT2D eigenvalue weighted by atomic mass is 16.2. The van der Waals surface area contributed by atoms with Gasteiger partial charge in [-0.2, -0.15) is 0 Å². The van der Waals surface area contributed by atoms with E-state index in [1.165, 1.54) is 10.9 Å². The monoisotopic (exact) mass is 398 g/mol. The van der Waals surface area contributed by atoms with E-state index >= 15 is 0 Å². The zero-order chi connectivity index (χ0) is 21.1. The fraction of sp³-hybridized carbons (Fsp3) is 0.545. The van der Waals surface area contributed by atoms with Crippen molar-refractivity contribution in [1.29, 1.82) is 0 Å². The van der Waals surface area contributed by atoms with Crippen LogP contribution in [-0.2, 0) is 11.8 Å². The second-order valence-electron chi connectivity index (χ2n) is 8.46. The number of fused-ring (bicyclic) bond motifs is 1. The number of nitrogens with one attached hydrogen (secondary N) is 2. The molecule has 1 aliphatic rings. The van der Waals surface area contributed by atoms with Crippen LogP contribution < -0.4 is 16.2 Å². The minimum Gasteiger partial charge on any atom is -0.353 e. The van der Waals surface area contributed by atoms with E-state index in [9.17, 15) is 14.4 Å². The Morgan fingerprint density at radius 3 is 2.48 bits per heavy atom. The van der Waals surface area contributed by atoms with E-state index in [2.05, 4.69) is 29.5 Å². The van der Waals surface area contributed by atoms with Crippen LogP contribution in [0, 0.1) is 11.8 Å². The fourth-order valence-corrected chi connectivity index (χ4v) is 3.63. The van der Waals surface area contributed by atoms with Gasteiger partial charge in [-0.1, -0.05) is 13.8 Å². The summed E-state index contributed by atoms with van der Waals surface area (Å²) in [5.74, 6) is 0.380. The molecular weight excluding hydrogens is 368 g/mol. The van der Waals surface area contributed by atoms with Crippen molar-refractivity contribution in [2.24, 2.45) is 18.9 Å². The van der Waals surface area contributed by atoms with Crippen molar-refractivity contribution in [3.05, 3.63) is 40.4 Å². The Labute approximate surface area is 170 Å². The van der Waals surface area contributed by atoms with E-state index < -0.39 is 0 Å². The molecule has 29 heavy (non-hydrogen) atoms. The van der Waals surface area contributed by atoms with Gasteiger partial charge in [0.15, 0.2) is 0 Å². The summed E-state index contributed by atoms with van der Waals surface area (Å²) < 4.78 is 1.42. The smallest absolute Gasteiger partial charge is 0.260 e. The molecule has 1 aromatic heterocycles. The molecule has 1 atom stereocenters. The quantitative estimate of drug-likeness (QED) is 0.809. The molecule has 0 saturated heterocycles. The number of benzene rings is 1. The highest BCUT2D eigenvalue weighted by molar-refractivity contribution is 5.97. The van der Waals surface area contributed by atoms with E-state index in [0.29, 0.717) is 22.4 Å². The highest BCUT2D eigenvalue weighted by Gasteiger charge is 2.28. The largest absolute Gasteiger partial charge is 0.353 e. The standard InChI is InChI=1S/C22H30N4O3/c1-13(2)14(3)24-20(27)15-5-8-17(9-6-15)25-21(28)16-7-10-18-19(11-16)23-12-26(4)22(18)29/h7,10-15,17H,5-6,8-9H2,1-4H3,(H,24,27)(H,25,28). The number of amides is 2. The summed E-state index contributed by atoms with van der Waals surface area (Å²) in [6.07, 6.45) is 4.57. The molecule has 1 unspecified atom stereocenters. The number of hydrogen-bond donors (Lipinski definition) is 2. The van der Waals surface area contributed by atoms with Crippen LogP contribution in [0.15, 0.2) is 29.3 Å². The predicted molar refractivity (Wildman–Crippen MR) is 113 cm³/mol. The van der Waals surface area contributed by atoms with Crippen molar-refractivity contribution in [1.82, 2.24) is 20.2 Å². The molecule has 0 aliphatic heterocycles. The Morgan fingerprint density at radius 2 is 1.83 bits per heavy atom. The van der Waals surface area contributed by atoms with Crippen LogP contribution >= 0.6 is 0 Å². The van der Waals surface area contributed by atoms with E-state index in [-0.39, 0.29) is 35.4 Å². The summed E-state index contributed by atoms with van der Waals surface area (Å²) in [4.78, 5) is 41.4. The Balaban J connectivity index is 1.57. The van der Waals surface area contributed by atoms with Gasteiger partial charge in [0.2, 0.25) is 5.91 Å². The van der Waals surface area contributed by atoms with Crippen molar-refractivity contribution in [2.45, 2.75) is 58.5 Å². The molecule has 1 saturated carbocycles. The number of aromatic nitrogens is 2. The lowest BCUT2D eigenvalue weighted by molar-refractivity contribution is -0.126. The van der Waals surface area contributed by atoms with Crippen LogP contribution in [0.5, 0.6) is 0 Å². The Bertz CT molecular complexity index is 958. The van der Waals surface area contributed by atoms with Crippen molar-refractivity contribution in [3.8, 4) is 0 Å². The third-order valence-corrected chi connectivity index (χ3v) is 5.98. The molecule has 2 N–H and O–H groups in total. The summed E-state index contributed by atoms with van der Waals surface area (Å²) in [6.45, 7) is 6.22. The first kappa shape index (κ1) is 21.0. The van der Waals surface area contributed by atoms with Crippen LogP contribution in [0.3, 0.4) is 0 Å². The van der Waals surface area contributed by atoms with Gasteiger partial charge < -0.3 is 15.2 Å². The third kappa shape index (κ3) is 4.83. The summed E-state index contributed by atoms with van der Waals surface area (Å²) >= 11 is 0. The Morgan fingerprint density at radius 1 is 1.14 bits per heavy atom. The number of rotatable bonds is 5. The van der Waals surface area contributed by atoms with Crippen molar-refractivity contribution in [2.75, 3.05) is 0 Å². The maximum Gasteiger partial charge on any atom is 0.260 e. The molecule has 1 aromatic carbocycles. The van der Waals surface area contributed by atoms with Crippen LogP contribution in [0.2, 0.25) is 0 Å². The average Bonchev–Trinajstić information content (AvgIpc) is 2.70. The van der Waals surface area contributed by atoms with E-state index in [4.69, 9.17) is 0 Å². The molecule has 1 aliphatic carbocycles. The van der Waals surface area contributed by atoms with Crippen LogP contribution in [0.4, 0.5) is 0 Å². The van der Waals surface area contributed by atoms with Gasteiger partial charge in [0.05, 0.1) is 17.2 Å². The SMILES string of the molecule is CC(C)C(C)NC(=O)C1CCC(NC(=O)c2ccc3c(=O)n(C)cnc3c2)CC1. The minimum atomic E-state index is -0.171. The first-order valence-electron chi connectivity index (χ1n) is 10.3. The molecule has 3 rings (SSSR count). The zero-order valence-electron chi connectivity index (χ0n) is 17.6. The fourth-order valence-electron chi connectivity index (χ4n) is 3.63. The molecule has 7 nitrogen and oxygen atoms in total. The molecule has 2 aromatic rings. The summed E-state index contributed by atoms with van der Waals surface area (Å²) in [5, 5.41) is 6.65. The van der Waals surface area contributed by atoms with Gasteiger partial charge in [-0.3, -0.25) is 14.4 Å². The first-order valence-corrected chi connectivity index (χ1v) is 10.3. The topological polar surface area (TPSA) is 93.1 Å². The number of carbonyl (C=O) groups is 2. The Hall–Kier alpha value is -2.70. The lowest BCUT2D eigenvalue weighted by atomic mass is 9.85. The van der Waals surface area contributed by atoms with Crippen LogP contribution in [0.25, 0.3) is 10.9 Å². The van der Waals surface area contributed by atoms with Gasteiger partial charge in [-0.05, 0) is 56.7 Å². The lowest BCUT2D eigenvalue weighted by Crippen LogP contribution is -2.43. The Kier molecular flexibility index (Phi) is 6.35. The predicted octanol–water partition coefficient (Wildman–Crippen LogP) is 2.38. The highest BCUT2D eigenvalue weighted by Crippen LogP contribution is 2.25. The van der Waals surface area contributed by atoms with Gasteiger partial charge in [0, 0.05) is 30.6 Å². The molecule has 0 bridgehead atoms. The normalized spacial score (nSPS) is 20.4. The van der Waals surface area contributed by atoms with E-state index in [1.54, 1.807) is 25.2 Å². The second-order valence-corrected chi connectivity index (χ2v) is 8.46. The zero-order valence-corrected chi connectivity index (χ0v) is 17.6. The van der Waals surface area contributed by atoms with Crippen LogP contribution in [-0.4, -0.2) is 33.4 Å². The van der Waals surface area contributed by atoms with Gasteiger partial charge in [0.25, 0.3) is 11.5 Å². The maximum absolute atomic E-state index is 12.6. The minimum absolute atomic E-state index is 0.0189. The summed E-state index contributed by atoms with van der Waals surface area (Å²) in [6, 6.07) is 5.18. The molecule has 7 heteroatoms. The molecule has 0 radical (unpaired) electrons. The van der Waals surface area contributed by atoms with Crippen molar-refractivity contribution < 1.29 is 9.59 Å². The van der Waals surface area contributed by atoms with Gasteiger partial charge in [-0.25, -0.2) is 4.98 Å². The van der Waals surface area contributed by atoms with Crippen molar-refractivity contribution >= 4 is 22.7 Å². The first-order chi connectivity index (χ1) is 13.8. The van der Waals surface area contributed by atoms with Gasteiger partial charge in [0.1, 0.15) is 0 Å². The van der Waals surface area contributed by atoms with Crippen molar-refractivity contribution in [3.63, 3.8) is 0 Å². The second kappa shape index (κ2) is 8.76. The van der Waals surface area contributed by atoms with E-state index in [1.807, 2.05) is 6.92 Å².